The second kappa shape index (κ2) is 6.14. The lowest BCUT2D eigenvalue weighted by molar-refractivity contribution is -0.154. The van der Waals surface area contributed by atoms with E-state index < -0.39 is 29.7 Å². The van der Waals surface area contributed by atoms with Gasteiger partial charge >= 0.3 is 12.1 Å². The Morgan fingerprint density at radius 1 is 1.27 bits per heavy atom. The Bertz CT molecular complexity index is 471. The number of piperidine rings is 1. The van der Waals surface area contributed by atoms with Gasteiger partial charge in [0.25, 0.3) is 0 Å². The molecule has 0 aliphatic carbocycles. The average Bonchev–Trinajstić information content (AvgIpc) is 2.72. The molecule has 2 fully saturated rings. The van der Waals surface area contributed by atoms with Crippen LogP contribution in [0.25, 0.3) is 0 Å². The van der Waals surface area contributed by atoms with Crippen LogP contribution in [0.5, 0.6) is 0 Å². The molecule has 2 amide bonds. The Hall–Kier alpha value is -1.79. The van der Waals surface area contributed by atoms with Crippen molar-refractivity contribution in [2.75, 3.05) is 7.11 Å². The summed E-state index contributed by atoms with van der Waals surface area (Å²) in [5.74, 6) is -0.623. The Kier molecular flexibility index (Phi) is 4.63. The summed E-state index contributed by atoms with van der Waals surface area (Å²) >= 11 is 0. The summed E-state index contributed by atoms with van der Waals surface area (Å²) in [5.41, 5.74) is -0.618. The molecule has 7 nitrogen and oxygen atoms in total. The van der Waals surface area contributed by atoms with Crippen LogP contribution in [0, 0.1) is 0 Å². The minimum atomic E-state index is -0.634. The van der Waals surface area contributed by atoms with Crippen molar-refractivity contribution < 1.29 is 23.9 Å². The molecule has 0 bridgehead atoms. The van der Waals surface area contributed by atoms with Crippen LogP contribution in [0.1, 0.15) is 46.5 Å². The summed E-state index contributed by atoms with van der Waals surface area (Å²) < 4.78 is 9.97. The maximum Gasteiger partial charge on any atom is 0.408 e. The minimum absolute atomic E-state index is 0.0229. The third-order valence-electron chi connectivity index (χ3n) is 3.97. The van der Waals surface area contributed by atoms with Crippen molar-refractivity contribution in [1.82, 2.24) is 10.2 Å². The van der Waals surface area contributed by atoms with Crippen molar-refractivity contribution in [2.45, 2.75) is 70.2 Å². The maximum atomic E-state index is 12.5. The monoisotopic (exact) mass is 312 g/mol. The molecule has 3 atom stereocenters. The molecule has 0 saturated carbocycles. The van der Waals surface area contributed by atoms with Gasteiger partial charge in [0.15, 0.2) is 0 Å². The molecular weight excluding hydrogens is 288 g/mol. The van der Waals surface area contributed by atoms with Gasteiger partial charge in [-0.05, 0) is 46.5 Å². The Labute approximate surface area is 130 Å². The first-order valence-corrected chi connectivity index (χ1v) is 7.62. The second-order valence-corrected chi connectivity index (χ2v) is 6.80. The van der Waals surface area contributed by atoms with Crippen LogP contribution in [0.2, 0.25) is 0 Å². The van der Waals surface area contributed by atoms with Crippen LogP contribution in [-0.2, 0) is 19.1 Å². The first-order chi connectivity index (χ1) is 10.2. The van der Waals surface area contributed by atoms with Crippen molar-refractivity contribution in [3.63, 3.8) is 0 Å². The first kappa shape index (κ1) is 16.6. The van der Waals surface area contributed by atoms with Gasteiger partial charge in [-0.15, -0.1) is 0 Å². The largest absolute Gasteiger partial charge is 0.467 e. The van der Waals surface area contributed by atoms with E-state index in [0.717, 1.165) is 12.8 Å². The third kappa shape index (κ3) is 3.51. The zero-order chi connectivity index (χ0) is 16.5. The van der Waals surface area contributed by atoms with Crippen LogP contribution in [0.4, 0.5) is 4.79 Å². The molecule has 0 aromatic carbocycles. The van der Waals surface area contributed by atoms with Gasteiger partial charge in [-0.2, -0.15) is 0 Å². The number of amides is 2. The molecule has 0 unspecified atom stereocenters. The van der Waals surface area contributed by atoms with Gasteiger partial charge < -0.3 is 19.7 Å². The molecule has 2 heterocycles. The normalized spacial score (nSPS) is 28.1. The van der Waals surface area contributed by atoms with Gasteiger partial charge in [-0.25, -0.2) is 9.59 Å². The van der Waals surface area contributed by atoms with Crippen molar-refractivity contribution in [2.24, 2.45) is 0 Å². The Balaban J connectivity index is 2.04. The van der Waals surface area contributed by atoms with Crippen molar-refractivity contribution in [1.29, 1.82) is 0 Å². The molecule has 7 heteroatoms. The third-order valence-corrected chi connectivity index (χ3v) is 3.97. The van der Waals surface area contributed by atoms with Gasteiger partial charge in [0.1, 0.15) is 17.7 Å². The van der Waals surface area contributed by atoms with Gasteiger partial charge in [0, 0.05) is 6.04 Å². The fourth-order valence-corrected chi connectivity index (χ4v) is 3.14. The fraction of sp³-hybridized carbons (Fsp3) is 0.800. The molecule has 124 valence electrons. The first-order valence-electron chi connectivity index (χ1n) is 7.62. The summed E-state index contributed by atoms with van der Waals surface area (Å²) in [6.07, 6.45) is 2.21. The number of nitrogens with one attached hydrogen (secondary N) is 1. The molecule has 2 rings (SSSR count). The van der Waals surface area contributed by atoms with E-state index in [1.165, 1.54) is 7.11 Å². The number of hydrogen-bond acceptors (Lipinski definition) is 5. The second-order valence-electron chi connectivity index (χ2n) is 6.80. The fourth-order valence-electron chi connectivity index (χ4n) is 3.14. The highest BCUT2D eigenvalue weighted by Gasteiger charge is 2.48. The van der Waals surface area contributed by atoms with Gasteiger partial charge in [0.05, 0.1) is 7.11 Å². The molecule has 22 heavy (non-hydrogen) atoms. The molecule has 2 aliphatic rings. The molecule has 0 aromatic heterocycles. The van der Waals surface area contributed by atoms with E-state index in [1.54, 1.807) is 25.7 Å². The number of carbonyl (C=O) groups excluding carboxylic acids is 3. The lowest BCUT2D eigenvalue weighted by Gasteiger charge is -2.35. The average molecular weight is 312 g/mol. The topological polar surface area (TPSA) is 84.9 Å². The molecule has 0 spiro atoms. The van der Waals surface area contributed by atoms with E-state index in [0.29, 0.717) is 12.8 Å². The molecule has 1 N–H and O–H groups in total. The number of carbonyl (C=O) groups is 3. The summed E-state index contributed by atoms with van der Waals surface area (Å²) in [6, 6.07) is -1.20. The molecule has 2 saturated heterocycles. The summed E-state index contributed by atoms with van der Waals surface area (Å²) in [5, 5.41) is 2.61. The number of alkyl carbamates (subject to hydrolysis) is 1. The zero-order valence-electron chi connectivity index (χ0n) is 13.5. The minimum Gasteiger partial charge on any atom is -0.467 e. The van der Waals surface area contributed by atoms with E-state index in [-0.39, 0.29) is 11.9 Å². The number of fused-ring (bicyclic) bond motifs is 1. The van der Waals surface area contributed by atoms with E-state index in [9.17, 15) is 14.4 Å². The van der Waals surface area contributed by atoms with E-state index in [4.69, 9.17) is 9.47 Å². The number of esters is 1. The van der Waals surface area contributed by atoms with Crippen molar-refractivity contribution >= 4 is 18.0 Å². The van der Waals surface area contributed by atoms with Crippen LogP contribution in [0.15, 0.2) is 0 Å². The predicted octanol–water partition coefficient (Wildman–Crippen LogP) is 1.21. The van der Waals surface area contributed by atoms with E-state index in [1.807, 2.05) is 0 Å². The lowest BCUT2D eigenvalue weighted by atomic mass is 9.96. The number of hydrogen-bond donors (Lipinski definition) is 1. The number of rotatable bonds is 2. The van der Waals surface area contributed by atoms with E-state index >= 15 is 0 Å². The number of methoxy groups -OCH3 is 1. The molecule has 2 aliphatic heterocycles. The van der Waals surface area contributed by atoms with Crippen molar-refractivity contribution in [3.05, 3.63) is 0 Å². The standard InChI is InChI=1S/C15H24N2O5/c1-15(2,3)22-14(20)16-10-8-9-6-5-7-11(13(19)21-4)17(9)12(10)18/h9-11H,5-8H2,1-4H3,(H,16,20)/t9-,10+,11+/m1/s1. The Morgan fingerprint density at radius 2 is 1.95 bits per heavy atom. The van der Waals surface area contributed by atoms with Crippen LogP contribution >= 0.6 is 0 Å². The van der Waals surface area contributed by atoms with Crippen LogP contribution in [0.3, 0.4) is 0 Å². The summed E-state index contributed by atoms with van der Waals surface area (Å²) in [7, 11) is 1.32. The maximum absolute atomic E-state index is 12.5. The van der Waals surface area contributed by atoms with E-state index in [2.05, 4.69) is 5.32 Å². The summed E-state index contributed by atoms with van der Waals surface area (Å²) in [6.45, 7) is 5.29. The van der Waals surface area contributed by atoms with Crippen LogP contribution in [-0.4, -0.2) is 53.7 Å². The smallest absolute Gasteiger partial charge is 0.408 e. The molecule has 0 aromatic rings. The number of ether oxygens (including phenoxy) is 2. The van der Waals surface area contributed by atoms with Gasteiger partial charge in [-0.3, -0.25) is 4.79 Å². The van der Waals surface area contributed by atoms with Gasteiger partial charge in [0.2, 0.25) is 5.91 Å². The highest BCUT2D eigenvalue weighted by Crippen LogP contribution is 2.32. The van der Waals surface area contributed by atoms with Gasteiger partial charge in [-0.1, -0.05) is 0 Å². The quantitative estimate of drug-likeness (QED) is 0.775. The number of nitrogens with zero attached hydrogens (tertiary/aromatic N) is 1. The highest BCUT2D eigenvalue weighted by atomic mass is 16.6. The molecular formula is C15H24N2O5. The molecule has 0 radical (unpaired) electrons. The van der Waals surface area contributed by atoms with Crippen LogP contribution < -0.4 is 5.32 Å². The summed E-state index contributed by atoms with van der Waals surface area (Å²) in [4.78, 5) is 37.8. The lowest BCUT2D eigenvalue weighted by Crippen LogP contribution is -2.51. The highest BCUT2D eigenvalue weighted by molar-refractivity contribution is 5.92. The van der Waals surface area contributed by atoms with Crippen molar-refractivity contribution in [3.8, 4) is 0 Å². The SMILES string of the molecule is COC(=O)[C@@H]1CCC[C@@H]2C[C@H](NC(=O)OC(C)(C)C)C(=O)N21. The Morgan fingerprint density at radius 3 is 2.55 bits per heavy atom. The predicted molar refractivity (Wildman–Crippen MR) is 78.1 cm³/mol. The zero-order valence-corrected chi connectivity index (χ0v) is 13.5.